The molecule has 4 aromatic rings. The largest absolute Gasteiger partial charge is 0.306 e. The van der Waals surface area contributed by atoms with Gasteiger partial charge < -0.3 is 5.32 Å². The van der Waals surface area contributed by atoms with Crippen molar-refractivity contribution in [2.24, 2.45) is 0 Å². The number of pyridine rings is 2. The number of hydrogen-bond acceptors (Lipinski definition) is 3. The number of nitrogens with zero attached hydrogens (tertiary/aromatic N) is 2. The molecule has 0 unspecified atom stereocenters. The first-order valence-corrected chi connectivity index (χ1v) is 8.57. The first-order chi connectivity index (χ1) is 13.1. The van der Waals surface area contributed by atoms with Gasteiger partial charge in [0.1, 0.15) is 5.82 Å². The van der Waals surface area contributed by atoms with Crippen molar-refractivity contribution in [1.29, 1.82) is 0 Å². The van der Waals surface area contributed by atoms with Crippen LogP contribution in [0.25, 0.3) is 22.2 Å². The summed E-state index contributed by atoms with van der Waals surface area (Å²) in [7, 11) is 0. The molecule has 6 heteroatoms. The first-order valence-electron chi connectivity index (χ1n) is 8.20. The van der Waals surface area contributed by atoms with Crippen molar-refractivity contribution >= 4 is 34.2 Å². The highest BCUT2D eigenvalue weighted by Gasteiger charge is 2.15. The number of nitrogens with one attached hydrogen (secondary N) is 1. The molecule has 132 valence electrons. The van der Waals surface area contributed by atoms with Gasteiger partial charge >= 0.3 is 0 Å². The van der Waals surface area contributed by atoms with Crippen molar-refractivity contribution in [3.05, 3.63) is 89.3 Å². The highest BCUT2D eigenvalue weighted by atomic mass is 35.5. The molecule has 0 spiro atoms. The van der Waals surface area contributed by atoms with Crippen LogP contribution in [-0.2, 0) is 0 Å². The van der Waals surface area contributed by atoms with Crippen LogP contribution in [0.5, 0.6) is 0 Å². The maximum absolute atomic E-state index is 13.3. The van der Waals surface area contributed by atoms with E-state index in [0.29, 0.717) is 27.2 Å². The summed E-state index contributed by atoms with van der Waals surface area (Å²) in [6.45, 7) is 0. The molecule has 4 rings (SSSR count). The van der Waals surface area contributed by atoms with Crippen molar-refractivity contribution in [1.82, 2.24) is 9.97 Å². The molecule has 4 nitrogen and oxygen atoms in total. The smallest absolute Gasteiger partial charge is 0.257 e. The Morgan fingerprint density at radius 2 is 1.70 bits per heavy atom. The zero-order valence-electron chi connectivity index (χ0n) is 14.0. The summed E-state index contributed by atoms with van der Waals surface area (Å²) in [6.07, 6.45) is 0. The summed E-state index contributed by atoms with van der Waals surface area (Å²) in [6, 6.07) is 20.5. The molecule has 0 saturated carbocycles. The fourth-order valence-corrected chi connectivity index (χ4v) is 2.92. The second-order valence-corrected chi connectivity index (χ2v) is 6.32. The van der Waals surface area contributed by atoms with Gasteiger partial charge in [0.25, 0.3) is 5.91 Å². The highest BCUT2D eigenvalue weighted by molar-refractivity contribution is 6.30. The summed E-state index contributed by atoms with van der Waals surface area (Å²) < 4.78 is 13.3. The predicted molar refractivity (Wildman–Crippen MR) is 104 cm³/mol. The Morgan fingerprint density at radius 1 is 0.926 bits per heavy atom. The topological polar surface area (TPSA) is 54.9 Å². The van der Waals surface area contributed by atoms with Gasteiger partial charge in [0.05, 0.1) is 16.8 Å². The number of halogens is 2. The number of para-hydroxylation sites is 1. The molecule has 0 bridgehead atoms. The Morgan fingerprint density at radius 3 is 2.48 bits per heavy atom. The van der Waals surface area contributed by atoms with Crippen molar-refractivity contribution in [2.75, 3.05) is 5.32 Å². The molecule has 2 aromatic carbocycles. The van der Waals surface area contributed by atoms with Crippen LogP contribution >= 0.6 is 11.6 Å². The summed E-state index contributed by atoms with van der Waals surface area (Å²) in [5.74, 6) is -0.898. The van der Waals surface area contributed by atoms with Crippen molar-refractivity contribution in [3.8, 4) is 11.3 Å². The standard InChI is InChI=1S/C21H13ClFN3O/c22-14-10-8-13(9-11-14)18-12-16(15-4-1-2-5-17(15)24-18)21(27)26-20-7-3-6-19(23)25-20/h1-12H,(H,25,26,27). The molecule has 0 radical (unpaired) electrons. The number of amides is 1. The Labute approximate surface area is 159 Å². The molecule has 0 aliphatic carbocycles. The van der Waals surface area contributed by atoms with Crippen LogP contribution in [0.2, 0.25) is 5.02 Å². The number of anilines is 1. The molecule has 2 aromatic heterocycles. The van der Waals surface area contributed by atoms with E-state index in [1.54, 1.807) is 18.2 Å². The monoisotopic (exact) mass is 377 g/mol. The first kappa shape index (κ1) is 17.1. The van der Waals surface area contributed by atoms with Gasteiger partial charge in [0.15, 0.2) is 0 Å². The Bertz CT molecular complexity index is 1150. The highest BCUT2D eigenvalue weighted by Crippen LogP contribution is 2.26. The number of fused-ring (bicyclic) bond motifs is 1. The normalized spacial score (nSPS) is 10.7. The Kier molecular flexibility index (Phi) is 4.52. The molecular formula is C21H13ClFN3O. The lowest BCUT2D eigenvalue weighted by Crippen LogP contribution is -2.14. The molecular weight excluding hydrogens is 365 g/mol. The number of benzene rings is 2. The van der Waals surface area contributed by atoms with Crippen LogP contribution in [0, 0.1) is 5.95 Å². The van der Waals surface area contributed by atoms with Gasteiger partial charge in [0.2, 0.25) is 5.95 Å². The number of carbonyl (C=O) groups is 1. The molecule has 0 aliphatic rings. The number of aromatic nitrogens is 2. The average Bonchev–Trinajstić information content (AvgIpc) is 2.67. The van der Waals surface area contributed by atoms with E-state index in [1.165, 1.54) is 18.2 Å². The van der Waals surface area contributed by atoms with E-state index in [4.69, 9.17) is 11.6 Å². The molecule has 0 aliphatic heterocycles. The van der Waals surface area contributed by atoms with Crippen LogP contribution < -0.4 is 5.32 Å². The summed E-state index contributed by atoms with van der Waals surface area (Å²) in [5, 5.41) is 3.96. The minimum Gasteiger partial charge on any atom is -0.306 e. The van der Waals surface area contributed by atoms with E-state index in [0.717, 1.165) is 5.56 Å². The second kappa shape index (κ2) is 7.13. The van der Waals surface area contributed by atoms with Crippen LogP contribution in [0.1, 0.15) is 10.4 Å². The van der Waals surface area contributed by atoms with E-state index < -0.39 is 5.95 Å². The lowest BCUT2D eigenvalue weighted by molar-refractivity contribution is 0.102. The van der Waals surface area contributed by atoms with Gasteiger partial charge in [-0.05, 0) is 36.4 Å². The van der Waals surface area contributed by atoms with Crippen LogP contribution in [-0.4, -0.2) is 15.9 Å². The number of hydrogen-bond donors (Lipinski definition) is 1. The zero-order chi connectivity index (χ0) is 18.8. The van der Waals surface area contributed by atoms with Gasteiger partial charge in [-0.25, -0.2) is 9.97 Å². The fourth-order valence-electron chi connectivity index (χ4n) is 2.79. The maximum atomic E-state index is 13.3. The third kappa shape index (κ3) is 3.64. The maximum Gasteiger partial charge on any atom is 0.257 e. The molecule has 0 fully saturated rings. The minimum atomic E-state index is -0.658. The quantitative estimate of drug-likeness (QED) is 0.490. The Hall–Kier alpha value is -3.31. The van der Waals surface area contributed by atoms with E-state index in [-0.39, 0.29) is 11.7 Å². The van der Waals surface area contributed by atoms with Gasteiger partial charge in [0, 0.05) is 16.0 Å². The second-order valence-electron chi connectivity index (χ2n) is 5.88. The van der Waals surface area contributed by atoms with E-state index >= 15 is 0 Å². The number of rotatable bonds is 3. The van der Waals surface area contributed by atoms with Gasteiger partial charge in [-0.2, -0.15) is 4.39 Å². The lowest BCUT2D eigenvalue weighted by Gasteiger charge is -2.10. The Balaban J connectivity index is 1.80. The molecule has 1 amide bonds. The summed E-state index contributed by atoms with van der Waals surface area (Å²) in [4.78, 5) is 21.2. The van der Waals surface area contributed by atoms with Gasteiger partial charge in [-0.3, -0.25) is 4.79 Å². The average molecular weight is 378 g/mol. The van der Waals surface area contributed by atoms with Crippen LogP contribution in [0.4, 0.5) is 10.2 Å². The van der Waals surface area contributed by atoms with Gasteiger partial charge in [-0.1, -0.05) is 48.0 Å². The van der Waals surface area contributed by atoms with Crippen molar-refractivity contribution in [3.63, 3.8) is 0 Å². The fraction of sp³-hybridized carbons (Fsp3) is 0. The lowest BCUT2D eigenvalue weighted by atomic mass is 10.0. The van der Waals surface area contributed by atoms with Crippen LogP contribution in [0.3, 0.4) is 0 Å². The third-order valence-electron chi connectivity index (χ3n) is 4.06. The summed E-state index contributed by atoms with van der Waals surface area (Å²) in [5.41, 5.74) is 2.59. The molecule has 0 atom stereocenters. The zero-order valence-corrected chi connectivity index (χ0v) is 14.7. The summed E-state index contributed by atoms with van der Waals surface area (Å²) >= 11 is 5.96. The van der Waals surface area contributed by atoms with Crippen LogP contribution in [0.15, 0.2) is 72.8 Å². The van der Waals surface area contributed by atoms with Crippen molar-refractivity contribution in [2.45, 2.75) is 0 Å². The van der Waals surface area contributed by atoms with E-state index in [9.17, 15) is 9.18 Å². The third-order valence-corrected chi connectivity index (χ3v) is 4.31. The molecule has 1 N–H and O–H groups in total. The molecule has 2 heterocycles. The van der Waals surface area contributed by atoms with Gasteiger partial charge in [-0.15, -0.1) is 0 Å². The van der Waals surface area contributed by atoms with Crippen molar-refractivity contribution < 1.29 is 9.18 Å². The predicted octanol–water partition coefficient (Wildman–Crippen LogP) is 5.34. The number of carbonyl (C=O) groups excluding carboxylic acids is 1. The van der Waals surface area contributed by atoms with E-state index in [2.05, 4.69) is 15.3 Å². The minimum absolute atomic E-state index is 0.147. The molecule has 27 heavy (non-hydrogen) atoms. The molecule has 0 saturated heterocycles. The van der Waals surface area contributed by atoms with E-state index in [1.807, 2.05) is 36.4 Å². The SMILES string of the molecule is O=C(Nc1cccc(F)n1)c1cc(-c2ccc(Cl)cc2)nc2ccccc12.